The third-order valence-corrected chi connectivity index (χ3v) is 4.02. The van der Waals surface area contributed by atoms with Crippen LogP contribution in [0.1, 0.15) is 63.6 Å². The molecule has 0 amide bonds. The number of nitrogens with one attached hydrogen (secondary N) is 1. The summed E-state index contributed by atoms with van der Waals surface area (Å²) >= 11 is 3.55. The van der Waals surface area contributed by atoms with Crippen molar-refractivity contribution in [2.75, 3.05) is 6.54 Å². The molecule has 108 valence electrons. The van der Waals surface area contributed by atoms with E-state index in [4.69, 9.17) is 0 Å². The van der Waals surface area contributed by atoms with E-state index in [9.17, 15) is 0 Å². The van der Waals surface area contributed by atoms with Crippen LogP contribution in [0.2, 0.25) is 0 Å². The molecule has 1 nitrogen and oxygen atoms in total. The number of rotatable bonds is 8. The second-order valence-corrected chi connectivity index (χ2v) is 6.75. The van der Waals surface area contributed by atoms with Crippen molar-refractivity contribution in [3.8, 4) is 0 Å². The predicted octanol–water partition coefficient (Wildman–Crippen LogP) is 5.62. The molecule has 1 atom stereocenters. The van der Waals surface area contributed by atoms with Gasteiger partial charge in [0, 0.05) is 10.5 Å². The minimum atomic E-state index is 0.506. The summed E-state index contributed by atoms with van der Waals surface area (Å²) < 4.78 is 1.17. The van der Waals surface area contributed by atoms with Crippen LogP contribution in [0.3, 0.4) is 0 Å². The summed E-state index contributed by atoms with van der Waals surface area (Å²) in [5.74, 6) is 0.804. The van der Waals surface area contributed by atoms with Crippen molar-refractivity contribution in [3.05, 3.63) is 33.8 Å². The third-order valence-electron chi connectivity index (χ3n) is 3.52. The van der Waals surface area contributed by atoms with Crippen LogP contribution in [0.15, 0.2) is 22.7 Å². The van der Waals surface area contributed by atoms with Gasteiger partial charge in [-0.15, -0.1) is 0 Å². The van der Waals surface area contributed by atoms with E-state index in [0.717, 1.165) is 12.5 Å². The summed E-state index contributed by atoms with van der Waals surface area (Å²) in [4.78, 5) is 0. The molecule has 0 aliphatic rings. The fourth-order valence-electron chi connectivity index (χ4n) is 2.45. The molecule has 0 aliphatic carbocycles. The third kappa shape index (κ3) is 6.09. The van der Waals surface area contributed by atoms with Crippen molar-refractivity contribution in [1.82, 2.24) is 5.32 Å². The van der Waals surface area contributed by atoms with Crippen LogP contribution in [-0.4, -0.2) is 6.54 Å². The maximum Gasteiger partial charge on any atom is 0.0322 e. The fourth-order valence-corrected chi connectivity index (χ4v) is 2.92. The molecule has 0 heterocycles. The van der Waals surface area contributed by atoms with Crippen molar-refractivity contribution in [2.24, 2.45) is 5.92 Å². The molecule has 1 N–H and O–H groups in total. The topological polar surface area (TPSA) is 12.0 Å². The van der Waals surface area contributed by atoms with Gasteiger partial charge in [-0.25, -0.2) is 0 Å². The summed E-state index contributed by atoms with van der Waals surface area (Å²) in [5.41, 5.74) is 2.84. The molecule has 0 fully saturated rings. The van der Waals surface area contributed by atoms with Crippen molar-refractivity contribution in [1.29, 1.82) is 0 Å². The van der Waals surface area contributed by atoms with Crippen LogP contribution >= 0.6 is 15.9 Å². The van der Waals surface area contributed by atoms with Gasteiger partial charge in [0.25, 0.3) is 0 Å². The van der Waals surface area contributed by atoms with Crippen LogP contribution in [0.4, 0.5) is 0 Å². The molecule has 1 aromatic rings. The Labute approximate surface area is 127 Å². The molecular formula is C17H28BrN. The summed E-state index contributed by atoms with van der Waals surface area (Å²) in [6.07, 6.45) is 5.05. The predicted molar refractivity (Wildman–Crippen MR) is 88.6 cm³/mol. The van der Waals surface area contributed by atoms with Gasteiger partial charge >= 0.3 is 0 Å². The van der Waals surface area contributed by atoms with Crippen molar-refractivity contribution >= 4 is 15.9 Å². The summed E-state index contributed by atoms with van der Waals surface area (Å²) in [7, 11) is 0. The van der Waals surface area contributed by atoms with E-state index in [2.05, 4.69) is 67.1 Å². The number of aryl methyl sites for hydroxylation is 1. The zero-order valence-electron chi connectivity index (χ0n) is 12.8. The number of hydrogen-bond acceptors (Lipinski definition) is 1. The lowest BCUT2D eigenvalue weighted by Crippen LogP contribution is -2.23. The van der Waals surface area contributed by atoms with Gasteiger partial charge in [-0.1, -0.05) is 55.6 Å². The first-order valence-electron chi connectivity index (χ1n) is 7.54. The van der Waals surface area contributed by atoms with Crippen molar-refractivity contribution in [3.63, 3.8) is 0 Å². The second kappa shape index (κ2) is 8.76. The molecule has 1 aromatic carbocycles. The zero-order chi connectivity index (χ0) is 14.3. The number of halogens is 1. The van der Waals surface area contributed by atoms with Crippen LogP contribution in [0, 0.1) is 12.8 Å². The molecule has 19 heavy (non-hydrogen) atoms. The normalized spacial score (nSPS) is 12.9. The Kier molecular flexibility index (Phi) is 7.70. The Bertz CT molecular complexity index is 374. The average molecular weight is 326 g/mol. The lowest BCUT2D eigenvalue weighted by Gasteiger charge is -2.21. The van der Waals surface area contributed by atoms with Gasteiger partial charge in [0.1, 0.15) is 0 Å². The average Bonchev–Trinajstić information content (AvgIpc) is 2.34. The Morgan fingerprint density at radius 1 is 1.21 bits per heavy atom. The standard InChI is InChI=1S/C17H28BrN/c1-5-11-19-17(8-6-7-13(2)3)16-10-9-15(18)12-14(16)4/h9-10,12-13,17,19H,5-8,11H2,1-4H3. The molecule has 2 heteroatoms. The summed E-state index contributed by atoms with van der Waals surface area (Å²) in [5, 5.41) is 3.70. The van der Waals surface area contributed by atoms with Crippen LogP contribution in [0.5, 0.6) is 0 Å². The van der Waals surface area contributed by atoms with Gasteiger partial charge in [-0.3, -0.25) is 0 Å². The first-order valence-corrected chi connectivity index (χ1v) is 8.33. The second-order valence-electron chi connectivity index (χ2n) is 5.83. The summed E-state index contributed by atoms with van der Waals surface area (Å²) in [6, 6.07) is 7.15. The molecule has 0 aromatic heterocycles. The highest BCUT2D eigenvalue weighted by molar-refractivity contribution is 9.10. The highest BCUT2D eigenvalue weighted by Crippen LogP contribution is 2.26. The maximum atomic E-state index is 3.70. The Hall–Kier alpha value is -0.340. The Morgan fingerprint density at radius 3 is 2.53 bits per heavy atom. The quantitative estimate of drug-likeness (QED) is 0.653. The molecule has 0 saturated carbocycles. The maximum absolute atomic E-state index is 3.70. The monoisotopic (exact) mass is 325 g/mol. The first kappa shape index (κ1) is 16.7. The summed E-state index contributed by atoms with van der Waals surface area (Å²) in [6.45, 7) is 10.1. The largest absolute Gasteiger partial charge is 0.310 e. The minimum absolute atomic E-state index is 0.506. The van der Waals surface area contributed by atoms with E-state index in [1.807, 2.05) is 0 Å². The minimum Gasteiger partial charge on any atom is -0.310 e. The molecule has 0 aliphatic heterocycles. The van der Waals surface area contributed by atoms with Crippen LogP contribution in [0.25, 0.3) is 0 Å². The highest BCUT2D eigenvalue weighted by atomic mass is 79.9. The van der Waals surface area contributed by atoms with E-state index in [0.29, 0.717) is 6.04 Å². The molecule has 0 saturated heterocycles. The molecule has 0 radical (unpaired) electrons. The van der Waals surface area contributed by atoms with E-state index in [1.165, 1.54) is 41.3 Å². The van der Waals surface area contributed by atoms with Gasteiger partial charge in [0.05, 0.1) is 0 Å². The van der Waals surface area contributed by atoms with E-state index < -0.39 is 0 Å². The Morgan fingerprint density at radius 2 is 1.95 bits per heavy atom. The molecule has 1 rings (SSSR count). The van der Waals surface area contributed by atoms with E-state index in [1.54, 1.807) is 0 Å². The van der Waals surface area contributed by atoms with Gasteiger partial charge in [-0.2, -0.15) is 0 Å². The lowest BCUT2D eigenvalue weighted by molar-refractivity contribution is 0.446. The highest BCUT2D eigenvalue weighted by Gasteiger charge is 2.13. The van der Waals surface area contributed by atoms with Gasteiger partial charge in [0.15, 0.2) is 0 Å². The molecule has 1 unspecified atom stereocenters. The van der Waals surface area contributed by atoms with Gasteiger partial charge in [0.2, 0.25) is 0 Å². The fraction of sp³-hybridized carbons (Fsp3) is 0.647. The van der Waals surface area contributed by atoms with Crippen LogP contribution in [-0.2, 0) is 0 Å². The SMILES string of the molecule is CCCNC(CCCC(C)C)c1ccc(Br)cc1C. The number of hydrogen-bond donors (Lipinski definition) is 1. The first-order chi connectivity index (χ1) is 9.04. The molecule has 0 bridgehead atoms. The van der Waals surface area contributed by atoms with E-state index >= 15 is 0 Å². The zero-order valence-corrected chi connectivity index (χ0v) is 14.4. The van der Waals surface area contributed by atoms with E-state index in [-0.39, 0.29) is 0 Å². The molecule has 0 spiro atoms. The number of benzene rings is 1. The smallest absolute Gasteiger partial charge is 0.0322 e. The lowest BCUT2D eigenvalue weighted by atomic mass is 9.95. The van der Waals surface area contributed by atoms with Gasteiger partial charge in [-0.05, 0) is 55.5 Å². The van der Waals surface area contributed by atoms with Crippen LogP contribution < -0.4 is 5.32 Å². The van der Waals surface area contributed by atoms with Crippen molar-refractivity contribution in [2.45, 2.75) is 59.4 Å². The van der Waals surface area contributed by atoms with Gasteiger partial charge < -0.3 is 5.32 Å². The van der Waals surface area contributed by atoms with Crippen molar-refractivity contribution < 1.29 is 0 Å². The Balaban J connectivity index is 2.71. The molecular weight excluding hydrogens is 298 g/mol.